The predicted octanol–water partition coefficient (Wildman–Crippen LogP) is 2.46. The Morgan fingerprint density at radius 1 is 1.46 bits per heavy atom. The molecule has 2 fully saturated rings. The molecule has 2 bridgehead atoms. The number of aryl methyl sites for hydroxylation is 1. The first-order valence-electron chi connectivity index (χ1n) is 8.20. The number of hydrogen-bond donors (Lipinski definition) is 1. The molecular weight excluding hydrogens is 310 g/mol. The molecule has 0 radical (unpaired) electrons. The molecule has 0 spiro atoms. The van der Waals surface area contributed by atoms with Crippen LogP contribution < -0.4 is 5.43 Å². The zero-order valence-corrected chi connectivity index (χ0v) is 14.5. The van der Waals surface area contributed by atoms with Gasteiger partial charge in [0.15, 0.2) is 6.61 Å². The topological polar surface area (TPSA) is 93.8 Å². The zero-order chi connectivity index (χ0) is 17.5. The lowest BCUT2D eigenvalue weighted by Gasteiger charge is -2.34. The first-order chi connectivity index (χ1) is 11.2. The number of ether oxygens (including phenoxy) is 1. The van der Waals surface area contributed by atoms with Gasteiger partial charge in [-0.15, -0.1) is 0 Å². The quantitative estimate of drug-likeness (QED) is 0.675. The molecule has 0 aliphatic heterocycles. The minimum Gasteiger partial charge on any atom is -0.450 e. The monoisotopic (exact) mass is 333 g/mol. The van der Waals surface area contributed by atoms with Crippen LogP contribution in [0.2, 0.25) is 0 Å². The number of nitrogens with one attached hydrogen (secondary N) is 1. The van der Waals surface area contributed by atoms with Crippen LogP contribution in [0.25, 0.3) is 0 Å². The molecule has 24 heavy (non-hydrogen) atoms. The fraction of sp³-hybridized carbons (Fsp3) is 0.647. The van der Waals surface area contributed by atoms with Gasteiger partial charge >= 0.3 is 5.97 Å². The van der Waals surface area contributed by atoms with Crippen molar-refractivity contribution in [2.24, 2.45) is 21.8 Å². The summed E-state index contributed by atoms with van der Waals surface area (Å²) >= 11 is 0. The van der Waals surface area contributed by atoms with Crippen LogP contribution in [0, 0.1) is 23.7 Å². The van der Waals surface area contributed by atoms with Gasteiger partial charge in [-0.05, 0) is 37.5 Å². The second kappa shape index (κ2) is 5.72. The molecule has 0 saturated heterocycles. The van der Waals surface area contributed by atoms with Crippen LogP contribution >= 0.6 is 0 Å². The van der Waals surface area contributed by atoms with Gasteiger partial charge in [0, 0.05) is 17.2 Å². The summed E-state index contributed by atoms with van der Waals surface area (Å²) in [5, 5.41) is 7.92. The zero-order valence-electron chi connectivity index (χ0n) is 14.5. The van der Waals surface area contributed by atoms with Crippen molar-refractivity contribution in [3.05, 3.63) is 17.5 Å². The Morgan fingerprint density at radius 2 is 2.21 bits per heavy atom. The largest absolute Gasteiger partial charge is 0.450 e. The number of esters is 1. The van der Waals surface area contributed by atoms with Gasteiger partial charge in [0.2, 0.25) is 5.76 Å². The molecular formula is C17H23N3O4. The highest BCUT2D eigenvalue weighted by molar-refractivity contribution is 5.95. The molecule has 1 aromatic heterocycles. The number of carbonyl (C=O) groups is 2. The minimum absolute atomic E-state index is 0.0195. The number of nitrogens with zero attached hydrogens (tertiary/aromatic N) is 2. The lowest BCUT2D eigenvalue weighted by Crippen LogP contribution is -2.34. The van der Waals surface area contributed by atoms with Crippen LogP contribution in [0.1, 0.15) is 56.3 Å². The highest BCUT2D eigenvalue weighted by Gasteiger charge is 2.60. The standard InChI is InChI=1S/C17H23N3O4/c1-10-7-12(24-20-10)15(22)23-9-14(21)19-18-13-8-11-5-6-17(13,4)16(11,2)3/h7,11H,5-6,8-9H2,1-4H3,(H,19,21)/b18-13-. The smallest absolute Gasteiger partial charge is 0.377 e. The first-order valence-corrected chi connectivity index (χ1v) is 8.20. The van der Waals surface area contributed by atoms with Crippen molar-refractivity contribution in [2.45, 2.75) is 47.0 Å². The molecule has 1 heterocycles. The van der Waals surface area contributed by atoms with Crippen molar-refractivity contribution in [1.29, 1.82) is 0 Å². The molecule has 2 unspecified atom stereocenters. The second-order valence-electron chi connectivity index (χ2n) is 7.50. The third-order valence-electron chi connectivity index (χ3n) is 5.99. The molecule has 7 nitrogen and oxygen atoms in total. The van der Waals surface area contributed by atoms with Crippen LogP contribution in [0.15, 0.2) is 15.7 Å². The van der Waals surface area contributed by atoms with Gasteiger partial charge in [-0.2, -0.15) is 5.10 Å². The van der Waals surface area contributed by atoms with Crippen LogP contribution in [0.3, 0.4) is 0 Å². The highest BCUT2D eigenvalue weighted by Crippen LogP contribution is 2.63. The maximum atomic E-state index is 11.9. The number of hydrogen-bond acceptors (Lipinski definition) is 6. The van der Waals surface area contributed by atoms with Crippen molar-refractivity contribution in [3.8, 4) is 0 Å². The van der Waals surface area contributed by atoms with Crippen molar-refractivity contribution >= 4 is 17.6 Å². The van der Waals surface area contributed by atoms with Gasteiger partial charge in [0.1, 0.15) is 0 Å². The number of fused-ring (bicyclic) bond motifs is 2. The van der Waals surface area contributed by atoms with Crippen LogP contribution in [0.5, 0.6) is 0 Å². The van der Waals surface area contributed by atoms with Crippen molar-refractivity contribution in [3.63, 3.8) is 0 Å². The fourth-order valence-corrected chi connectivity index (χ4v) is 3.92. The average Bonchev–Trinajstić information content (AvgIpc) is 3.11. The van der Waals surface area contributed by atoms with Gasteiger partial charge in [0.25, 0.3) is 5.91 Å². The van der Waals surface area contributed by atoms with Crippen molar-refractivity contribution in [1.82, 2.24) is 10.6 Å². The Hall–Kier alpha value is -2.18. The van der Waals surface area contributed by atoms with E-state index in [1.165, 1.54) is 12.5 Å². The molecule has 1 N–H and O–H groups in total. The Bertz CT molecular complexity index is 706. The summed E-state index contributed by atoms with van der Waals surface area (Å²) in [6.45, 7) is 8.06. The second-order valence-corrected chi connectivity index (χ2v) is 7.50. The summed E-state index contributed by atoms with van der Waals surface area (Å²) in [6.07, 6.45) is 3.23. The summed E-state index contributed by atoms with van der Waals surface area (Å²) in [5.74, 6) is -0.581. The van der Waals surface area contributed by atoms with Crippen LogP contribution in [0.4, 0.5) is 0 Å². The molecule has 1 amide bonds. The number of hydrazone groups is 1. The first kappa shape index (κ1) is 16.7. The number of amides is 1. The Morgan fingerprint density at radius 3 is 2.75 bits per heavy atom. The molecule has 3 rings (SSSR count). The Balaban J connectivity index is 1.54. The summed E-state index contributed by atoms with van der Waals surface area (Å²) in [6, 6.07) is 1.46. The van der Waals surface area contributed by atoms with E-state index in [-0.39, 0.29) is 16.6 Å². The predicted molar refractivity (Wildman–Crippen MR) is 86.3 cm³/mol. The van der Waals surface area contributed by atoms with Gasteiger partial charge < -0.3 is 9.26 Å². The van der Waals surface area contributed by atoms with E-state index in [4.69, 9.17) is 9.26 Å². The summed E-state index contributed by atoms with van der Waals surface area (Å²) in [7, 11) is 0. The van der Waals surface area contributed by atoms with E-state index in [1.807, 2.05) is 0 Å². The highest BCUT2D eigenvalue weighted by atomic mass is 16.6. The fourth-order valence-electron chi connectivity index (χ4n) is 3.92. The molecule has 2 aliphatic rings. The summed E-state index contributed by atoms with van der Waals surface area (Å²) in [4.78, 5) is 23.6. The minimum atomic E-state index is -0.716. The molecule has 130 valence electrons. The van der Waals surface area contributed by atoms with Gasteiger partial charge in [0.05, 0.1) is 5.69 Å². The molecule has 0 aromatic carbocycles. The van der Waals surface area contributed by atoms with Crippen LogP contribution in [-0.4, -0.2) is 29.4 Å². The van der Waals surface area contributed by atoms with E-state index >= 15 is 0 Å². The van der Waals surface area contributed by atoms with E-state index in [1.54, 1.807) is 6.92 Å². The molecule has 2 saturated carbocycles. The van der Waals surface area contributed by atoms with Crippen molar-refractivity contribution in [2.75, 3.05) is 6.61 Å². The van der Waals surface area contributed by atoms with Gasteiger partial charge in [-0.1, -0.05) is 25.9 Å². The Kier molecular flexibility index (Phi) is 3.97. The molecule has 2 atom stereocenters. The van der Waals surface area contributed by atoms with Gasteiger partial charge in [-0.3, -0.25) is 4.79 Å². The van der Waals surface area contributed by atoms with Crippen molar-refractivity contribution < 1.29 is 18.8 Å². The number of rotatable bonds is 4. The lowest BCUT2D eigenvalue weighted by atomic mass is 9.70. The van der Waals surface area contributed by atoms with E-state index in [0.717, 1.165) is 18.6 Å². The summed E-state index contributed by atoms with van der Waals surface area (Å²) < 4.78 is 9.68. The lowest BCUT2D eigenvalue weighted by molar-refractivity contribution is -0.124. The Labute approximate surface area is 140 Å². The number of carbonyl (C=O) groups excluding carboxylic acids is 2. The maximum absolute atomic E-state index is 11.9. The summed E-state index contributed by atoms with van der Waals surface area (Å²) in [5.41, 5.74) is 4.35. The van der Waals surface area contributed by atoms with Crippen LogP contribution in [-0.2, 0) is 9.53 Å². The SMILES string of the molecule is Cc1cc(C(=O)OCC(=O)N/N=C2/CC3CCC2(C)C3(C)C)on1. The van der Waals surface area contributed by atoms with E-state index < -0.39 is 18.5 Å². The average molecular weight is 333 g/mol. The molecule has 2 aliphatic carbocycles. The molecule has 1 aromatic rings. The maximum Gasteiger partial charge on any atom is 0.377 e. The van der Waals surface area contributed by atoms with E-state index in [9.17, 15) is 9.59 Å². The van der Waals surface area contributed by atoms with E-state index in [2.05, 4.69) is 36.5 Å². The third kappa shape index (κ3) is 2.61. The normalized spacial score (nSPS) is 29.0. The number of aromatic nitrogens is 1. The van der Waals surface area contributed by atoms with E-state index in [0.29, 0.717) is 11.6 Å². The van der Waals surface area contributed by atoms with Gasteiger partial charge in [-0.25, -0.2) is 10.2 Å². The molecule has 7 heteroatoms. The third-order valence-corrected chi connectivity index (χ3v) is 5.99.